The normalized spacial score (nSPS) is 10.1. The predicted molar refractivity (Wildman–Crippen MR) is 64.8 cm³/mol. The van der Waals surface area contributed by atoms with E-state index in [1.807, 2.05) is 0 Å². The fourth-order valence-corrected chi connectivity index (χ4v) is 2.26. The molecule has 0 aliphatic heterocycles. The van der Waals surface area contributed by atoms with E-state index < -0.39 is 0 Å². The Bertz CT molecular complexity index is 499. The summed E-state index contributed by atoms with van der Waals surface area (Å²) < 4.78 is 4.27. The molecule has 82 valence electrons. The maximum absolute atomic E-state index is 11.7. The Labute approximate surface area is 108 Å². The summed E-state index contributed by atoms with van der Waals surface area (Å²) in [6.07, 6.45) is 0. The topological polar surface area (TPSA) is 67.8 Å². The summed E-state index contributed by atoms with van der Waals surface area (Å²) in [7, 11) is 0. The van der Waals surface area contributed by atoms with Crippen LogP contribution in [0.3, 0.4) is 0 Å². The van der Waals surface area contributed by atoms with Crippen LogP contribution in [0.15, 0.2) is 22.7 Å². The molecule has 1 aromatic carbocycles. The van der Waals surface area contributed by atoms with Crippen LogP contribution in [0.2, 0.25) is 5.02 Å². The van der Waals surface area contributed by atoms with Crippen LogP contribution in [0.5, 0.6) is 0 Å². The van der Waals surface area contributed by atoms with Crippen LogP contribution in [-0.2, 0) is 0 Å². The van der Waals surface area contributed by atoms with Gasteiger partial charge >= 0.3 is 0 Å². The van der Waals surface area contributed by atoms with E-state index in [-0.39, 0.29) is 5.91 Å². The second-order valence-corrected chi connectivity index (χ2v) is 4.86. The number of amides is 1. The van der Waals surface area contributed by atoms with Crippen LogP contribution >= 0.6 is 39.1 Å². The van der Waals surface area contributed by atoms with Crippen LogP contribution in [0.1, 0.15) is 10.4 Å². The van der Waals surface area contributed by atoms with Gasteiger partial charge in [-0.15, -0.1) is 0 Å². The van der Waals surface area contributed by atoms with Gasteiger partial charge in [0.15, 0.2) is 0 Å². The maximum Gasteiger partial charge on any atom is 0.257 e. The summed E-state index contributed by atoms with van der Waals surface area (Å²) in [5, 5.41) is 10.4. The summed E-state index contributed by atoms with van der Waals surface area (Å²) in [6, 6.07) is 4.93. The highest BCUT2D eigenvalue weighted by Crippen LogP contribution is 2.20. The van der Waals surface area contributed by atoms with Gasteiger partial charge in [-0.3, -0.25) is 10.1 Å². The molecule has 5 nitrogen and oxygen atoms in total. The number of hydrogen-bond acceptors (Lipinski definition) is 5. The molecule has 0 fully saturated rings. The van der Waals surface area contributed by atoms with Gasteiger partial charge in [0.2, 0.25) is 5.13 Å². The zero-order valence-corrected chi connectivity index (χ0v) is 10.8. The van der Waals surface area contributed by atoms with Crippen LogP contribution in [0, 0.1) is 0 Å². The molecule has 0 spiro atoms. The molecular weight excluding hydrogens is 316 g/mol. The van der Waals surface area contributed by atoms with Crippen LogP contribution in [-0.4, -0.2) is 20.7 Å². The lowest BCUT2D eigenvalue weighted by Crippen LogP contribution is -2.11. The van der Waals surface area contributed by atoms with Crippen molar-refractivity contribution in [1.82, 2.24) is 14.8 Å². The van der Waals surface area contributed by atoms with Crippen molar-refractivity contribution < 1.29 is 4.79 Å². The molecule has 0 radical (unpaired) electrons. The number of carbonyl (C=O) groups excluding carboxylic acids is 1. The molecule has 0 atom stereocenters. The summed E-state index contributed by atoms with van der Waals surface area (Å²) in [4.78, 5) is 11.7. The maximum atomic E-state index is 11.7. The lowest BCUT2D eigenvalue weighted by molar-refractivity contribution is 0.102. The average molecular weight is 320 g/mol. The SMILES string of the molecule is O=C(Nc1nnns1)c1cc(Cl)cc(Br)c1. The van der Waals surface area contributed by atoms with Crippen molar-refractivity contribution in [1.29, 1.82) is 0 Å². The second kappa shape index (κ2) is 4.86. The van der Waals surface area contributed by atoms with Gasteiger partial charge in [-0.05, 0) is 23.4 Å². The number of benzene rings is 1. The van der Waals surface area contributed by atoms with Crippen LogP contribution < -0.4 is 5.32 Å². The number of nitrogens with zero attached hydrogens (tertiary/aromatic N) is 3. The number of aromatic nitrogens is 3. The number of carbonyl (C=O) groups is 1. The molecule has 16 heavy (non-hydrogen) atoms. The molecule has 0 saturated carbocycles. The molecule has 0 aliphatic rings. The minimum Gasteiger partial charge on any atom is -0.295 e. The van der Waals surface area contributed by atoms with Crippen molar-refractivity contribution in [3.63, 3.8) is 0 Å². The molecule has 0 bridgehead atoms. The molecule has 1 aromatic heterocycles. The molecule has 2 rings (SSSR count). The fraction of sp³-hybridized carbons (Fsp3) is 0. The second-order valence-electron chi connectivity index (χ2n) is 2.78. The van der Waals surface area contributed by atoms with Crippen molar-refractivity contribution in [2.24, 2.45) is 0 Å². The number of anilines is 1. The molecule has 1 N–H and O–H groups in total. The van der Waals surface area contributed by atoms with Crippen molar-refractivity contribution in [2.45, 2.75) is 0 Å². The average Bonchev–Trinajstić information content (AvgIpc) is 2.68. The van der Waals surface area contributed by atoms with Crippen molar-refractivity contribution in [3.8, 4) is 0 Å². The smallest absolute Gasteiger partial charge is 0.257 e. The van der Waals surface area contributed by atoms with Gasteiger partial charge in [0.05, 0.1) is 0 Å². The van der Waals surface area contributed by atoms with Gasteiger partial charge < -0.3 is 0 Å². The van der Waals surface area contributed by atoms with Crippen LogP contribution in [0.4, 0.5) is 5.13 Å². The molecule has 2 aromatic rings. The van der Waals surface area contributed by atoms with Crippen molar-refractivity contribution in [3.05, 3.63) is 33.3 Å². The molecule has 1 heterocycles. The zero-order chi connectivity index (χ0) is 11.5. The van der Waals surface area contributed by atoms with E-state index in [2.05, 4.69) is 36.0 Å². The predicted octanol–water partition coefficient (Wildman–Crippen LogP) is 2.60. The van der Waals surface area contributed by atoms with Gasteiger partial charge in [-0.2, -0.15) is 0 Å². The van der Waals surface area contributed by atoms with E-state index >= 15 is 0 Å². The third-order valence-electron chi connectivity index (χ3n) is 1.64. The number of halogens is 2. The molecule has 0 aliphatic carbocycles. The minimum atomic E-state index is -0.304. The third kappa shape index (κ3) is 2.75. The summed E-state index contributed by atoms with van der Waals surface area (Å²) in [5.41, 5.74) is 0.439. The van der Waals surface area contributed by atoms with Gasteiger partial charge in [0, 0.05) is 26.6 Å². The lowest BCUT2D eigenvalue weighted by atomic mass is 10.2. The standard InChI is InChI=1S/C8H4BrClN4OS/c9-5-1-4(2-6(10)3-5)7(15)11-8-12-13-14-16-8/h1-3H,(H,11,12,14,15). The minimum absolute atomic E-state index is 0.304. The molecule has 8 heteroatoms. The van der Waals surface area contributed by atoms with Gasteiger partial charge in [-0.25, -0.2) is 0 Å². The van der Waals surface area contributed by atoms with Gasteiger partial charge in [0.25, 0.3) is 5.91 Å². The first-order valence-corrected chi connectivity index (χ1v) is 6.02. The Balaban J connectivity index is 2.21. The lowest BCUT2D eigenvalue weighted by Gasteiger charge is -2.02. The number of rotatable bonds is 2. The van der Waals surface area contributed by atoms with E-state index in [1.54, 1.807) is 18.2 Å². The summed E-state index contributed by atoms with van der Waals surface area (Å²) in [6.45, 7) is 0. The third-order valence-corrected chi connectivity index (χ3v) is 2.83. The molecule has 0 saturated heterocycles. The highest BCUT2D eigenvalue weighted by molar-refractivity contribution is 9.10. The van der Waals surface area contributed by atoms with E-state index in [0.717, 1.165) is 16.0 Å². The Morgan fingerprint density at radius 3 is 2.88 bits per heavy atom. The van der Waals surface area contributed by atoms with E-state index in [4.69, 9.17) is 11.6 Å². The number of hydrogen-bond donors (Lipinski definition) is 1. The van der Waals surface area contributed by atoms with Crippen molar-refractivity contribution >= 4 is 50.1 Å². The van der Waals surface area contributed by atoms with E-state index in [0.29, 0.717) is 15.7 Å². The molecule has 1 amide bonds. The fourth-order valence-electron chi connectivity index (χ4n) is 1.04. The molecular formula is C8H4BrClN4OS. The quantitative estimate of drug-likeness (QED) is 0.924. The van der Waals surface area contributed by atoms with Crippen molar-refractivity contribution in [2.75, 3.05) is 5.32 Å². The van der Waals surface area contributed by atoms with E-state index in [9.17, 15) is 4.79 Å². The monoisotopic (exact) mass is 318 g/mol. The van der Waals surface area contributed by atoms with Gasteiger partial charge in [0.1, 0.15) is 0 Å². The largest absolute Gasteiger partial charge is 0.295 e. The number of nitrogens with one attached hydrogen (secondary N) is 1. The first kappa shape index (κ1) is 11.4. The first-order valence-electron chi connectivity index (χ1n) is 4.07. The Morgan fingerprint density at radius 1 is 1.44 bits per heavy atom. The van der Waals surface area contributed by atoms with Crippen LogP contribution in [0.25, 0.3) is 0 Å². The van der Waals surface area contributed by atoms with E-state index in [1.165, 1.54) is 0 Å². The highest BCUT2D eigenvalue weighted by atomic mass is 79.9. The first-order chi connectivity index (χ1) is 7.65. The highest BCUT2D eigenvalue weighted by Gasteiger charge is 2.09. The Morgan fingerprint density at radius 2 is 2.25 bits per heavy atom. The molecule has 0 unspecified atom stereocenters. The Hall–Kier alpha value is -1.05. The zero-order valence-electron chi connectivity index (χ0n) is 7.65. The summed E-state index contributed by atoms with van der Waals surface area (Å²) >= 11 is 10.1. The van der Waals surface area contributed by atoms with Gasteiger partial charge in [-0.1, -0.05) is 37.1 Å². The summed E-state index contributed by atoms with van der Waals surface area (Å²) in [5.74, 6) is -0.304. The Kier molecular flexibility index (Phi) is 3.47.